The molecule has 1 aliphatic heterocycles. The van der Waals surface area contributed by atoms with E-state index in [9.17, 15) is 0 Å². The molecule has 0 aromatic carbocycles. The smallest absolute Gasteiger partial charge is 0.399 e. The lowest BCUT2D eigenvalue weighted by Gasteiger charge is -2.32. The summed E-state index contributed by atoms with van der Waals surface area (Å²) in [6.45, 7) is 8.13. The SMILES string of the molecule is CC1(C)OB(c2cncc(C#CCS)c2)OC1(C)C. The van der Waals surface area contributed by atoms with Gasteiger partial charge in [-0.05, 0) is 33.8 Å². The van der Waals surface area contributed by atoms with E-state index in [2.05, 4.69) is 29.5 Å². The van der Waals surface area contributed by atoms with Crippen LogP contribution >= 0.6 is 12.6 Å². The Kier molecular flexibility index (Phi) is 3.96. The third-order valence-corrected chi connectivity index (χ3v) is 3.75. The van der Waals surface area contributed by atoms with Gasteiger partial charge in [-0.1, -0.05) is 11.8 Å². The first-order valence-corrected chi connectivity index (χ1v) is 6.89. The van der Waals surface area contributed by atoms with Crippen LogP contribution in [0.25, 0.3) is 0 Å². The van der Waals surface area contributed by atoms with E-state index in [4.69, 9.17) is 9.31 Å². The molecule has 0 N–H and O–H groups in total. The quantitative estimate of drug-likeness (QED) is 0.480. The average Bonchev–Trinajstić information content (AvgIpc) is 2.56. The molecule has 19 heavy (non-hydrogen) atoms. The molecule has 1 fully saturated rings. The van der Waals surface area contributed by atoms with Gasteiger partial charge in [-0.25, -0.2) is 0 Å². The van der Waals surface area contributed by atoms with E-state index in [1.54, 1.807) is 12.4 Å². The van der Waals surface area contributed by atoms with Crippen LogP contribution in [-0.4, -0.2) is 29.1 Å². The highest BCUT2D eigenvalue weighted by Crippen LogP contribution is 2.36. The lowest BCUT2D eigenvalue weighted by molar-refractivity contribution is 0.00578. The van der Waals surface area contributed by atoms with Gasteiger partial charge in [0.25, 0.3) is 0 Å². The third kappa shape index (κ3) is 2.97. The van der Waals surface area contributed by atoms with Crippen LogP contribution in [-0.2, 0) is 9.31 Å². The Morgan fingerprint density at radius 2 is 1.84 bits per heavy atom. The molecule has 0 aliphatic carbocycles. The lowest BCUT2D eigenvalue weighted by atomic mass is 9.80. The Hall–Kier alpha value is -0.955. The van der Waals surface area contributed by atoms with Crippen molar-refractivity contribution < 1.29 is 9.31 Å². The highest BCUT2D eigenvalue weighted by molar-refractivity contribution is 7.80. The summed E-state index contributed by atoms with van der Waals surface area (Å²) in [6.07, 6.45) is 3.49. The summed E-state index contributed by atoms with van der Waals surface area (Å²) in [5.41, 5.74) is 1.06. The highest BCUT2D eigenvalue weighted by Gasteiger charge is 2.51. The van der Waals surface area contributed by atoms with Gasteiger partial charge in [-0.3, -0.25) is 4.98 Å². The fourth-order valence-electron chi connectivity index (χ4n) is 1.78. The molecule has 2 rings (SSSR count). The Labute approximate surface area is 120 Å². The highest BCUT2D eigenvalue weighted by atomic mass is 32.1. The zero-order valence-corrected chi connectivity index (χ0v) is 12.6. The molecule has 0 atom stereocenters. The van der Waals surface area contributed by atoms with Gasteiger partial charge in [-0.2, -0.15) is 12.6 Å². The maximum Gasteiger partial charge on any atom is 0.496 e. The van der Waals surface area contributed by atoms with Crippen molar-refractivity contribution >= 4 is 25.2 Å². The van der Waals surface area contributed by atoms with Gasteiger partial charge in [0.15, 0.2) is 0 Å². The van der Waals surface area contributed by atoms with Crippen molar-refractivity contribution in [3.05, 3.63) is 24.0 Å². The van der Waals surface area contributed by atoms with E-state index < -0.39 is 7.12 Å². The molecule has 0 spiro atoms. The molecule has 0 bridgehead atoms. The van der Waals surface area contributed by atoms with E-state index in [0.29, 0.717) is 5.75 Å². The summed E-state index contributed by atoms with van der Waals surface area (Å²) in [7, 11) is -0.393. The normalized spacial score (nSPS) is 19.9. The van der Waals surface area contributed by atoms with Gasteiger partial charge < -0.3 is 9.31 Å². The van der Waals surface area contributed by atoms with Gasteiger partial charge in [-0.15, -0.1) is 0 Å². The van der Waals surface area contributed by atoms with Crippen molar-refractivity contribution in [3.8, 4) is 11.8 Å². The van der Waals surface area contributed by atoms with E-state index in [1.165, 1.54) is 0 Å². The monoisotopic (exact) mass is 275 g/mol. The van der Waals surface area contributed by atoms with Crippen molar-refractivity contribution in [1.29, 1.82) is 0 Å². The average molecular weight is 275 g/mol. The predicted octanol–water partition coefficient (Wildman–Crippen LogP) is 1.66. The van der Waals surface area contributed by atoms with Crippen LogP contribution in [0.1, 0.15) is 33.3 Å². The van der Waals surface area contributed by atoms with Crippen molar-refractivity contribution in [1.82, 2.24) is 4.98 Å². The molecule has 1 aromatic rings. The molecule has 2 heterocycles. The molecule has 0 saturated carbocycles. The lowest BCUT2D eigenvalue weighted by Crippen LogP contribution is -2.41. The maximum absolute atomic E-state index is 5.98. The minimum absolute atomic E-state index is 0.343. The summed E-state index contributed by atoms with van der Waals surface area (Å²) in [6, 6.07) is 1.95. The molecule has 3 nitrogen and oxygen atoms in total. The number of hydrogen-bond acceptors (Lipinski definition) is 4. The summed E-state index contributed by atoms with van der Waals surface area (Å²) >= 11 is 4.07. The van der Waals surface area contributed by atoms with E-state index >= 15 is 0 Å². The molecule has 1 aromatic heterocycles. The molecule has 100 valence electrons. The molecular formula is C14H18BNO2S. The van der Waals surface area contributed by atoms with Gasteiger partial charge in [0.1, 0.15) is 0 Å². The Bertz CT molecular complexity index is 518. The van der Waals surface area contributed by atoms with E-state index in [0.717, 1.165) is 11.0 Å². The first-order valence-electron chi connectivity index (χ1n) is 6.26. The minimum Gasteiger partial charge on any atom is -0.399 e. The van der Waals surface area contributed by atoms with Crippen molar-refractivity contribution in [2.75, 3.05) is 5.75 Å². The van der Waals surface area contributed by atoms with Crippen LogP contribution < -0.4 is 5.46 Å². The summed E-state index contributed by atoms with van der Waals surface area (Å²) in [4.78, 5) is 4.19. The molecular weight excluding hydrogens is 257 g/mol. The number of hydrogen-bond donors (Lipinski definition) is 1. The van der Waals surface area contributed by atoms with Crippen LogP contribution in [0.2, 0.25) is 0 Å². The number of aromatic nitrogens is 1. The second-order valence-corrected chi connectivity index (χ2v) is 5.87. The topological polar surface area (TPSA) is 31.4 Å². The Morgan fingerprint density at radius 3 is 2.42 bits per heavy atom. The van der Waals surface area contributed by atoms with Gasteiger partial charge in [0.05, 0.1) is 17.0 Å². The van der Waals surface area contributed by atoms with Crippen molar-refractivity contribution in [2.24, 2.45) is 0 Å². The van der Waals surface area contributed by atoms with E-state index in [1.807, 2.05) is 33.8 Å². The molecule has 0 radical (unpaired) electrons. The molecule has 1 aliphatic rings. The number of nitrogens with zero attached hydrogens (tertiary/aromatic N) is 1. The zero-order chi connectivity index (χ0) is 14.1. The largest absolute Gasteiger partial charge is 0.496 e. The first kappa shape index (κ1) is 14.5. The van der Waals surface area contributed by atoms with Crippen molar-refractivity contribution in [3.63, 3.8) is 0 Å². The fraction of sp³-hybridized carbons (Fsp3) is 0.500. The van der Waals surface area contributed by atoms with Crippen molar-refractivity contribution in [2.45, 2.75) is 38.9 Å². The standard InChI is InChI=1S/C14H18BNO2S/c1-13(2)14(3,4)18-15(17-13)12-8-11(6-5-7-19)9-16-10-12/h8-10,19H,7H2,1-4H3. The zero-order valence-electron chi connectivity index (χ0n) is 11.7. The van der Waals surface area contributed by atoms with Crippen LogP contribution in [0, 0.1) is 11.8 Å². The van der Waals surface area contributed by atoms with Crippen LogP contribution in [0.4, 0.5) is 0 Å². The Morgan fingerprint density at radius 1 is 1.21 bits per heavy atom. The van der Waals surface area contributed by atoms with Crippen LogP contribution in [0.5, 0.6) is 0 Å². The fourth-order valence-corrected chi connectivity index (χ4v) is 1.85. The van der Waals surface area contributed by atoms with E-state index in [-0.39, 0.29) is 11.2 Å². The third-order valence-electron chi connectivity index (χ3n) is 3.60. The predicted molar refractivity (Wildman–Crippen MR) is 80.7 cm³/mol. The molecule has 0 amide bonds. The van der Waals surface area contributed by atoms with Gasteiger partial charge in [0, 0.05) is 23.4 Å². The Balaban J connectivity index is 2.25. The van der Waals surface area contributed by atoms with Crippen LogP contribution in [0.15, 0.2) is 18.5 Å². The second kappa shape index (κ2) is 5.20. The molecule has 0 unspecified atom stereocenters. The summed E-state index contributed by atoms with van der Waals surface area (Å²) < 4.78 is 12.0. The minimum atomic E-state index is -0.393. The summed E-state index contributed by atoms with van der Waals surface area (Å²) in [5, 5.41) is 0. The van der Waals surface area contributed by atoms with Gasteiger partial charge in [0.2, 0.25) is 0 Å². The molecule has 1 saturated heterocycles. The molecule has 5 heteroatoms. The second-order valence-electron chi connectivity index (χ2n) is 5.56. The number of thiol groups is 1. The first-order chi connectivity index (χ1) is 8.86. The number of rotatable bonds is 1. The maximum atomic E-state index is 5.98. The number of pyridine rings is 1. The van der Waals surface area contributed by atoms with Crippen LogP contribution in [0.3, 0.4) is 0 Å². The summed E-state index contributed by atoms with van der Waals surface area (Å²) in [5.74, 6) is 6.44. The van der Waals surface area contributed by atoms with Gasteiger partial charge >= 0.3 is 7.12 Å².